The molecule has 2 rings (SSSR count). The molecule has 0 spiro atoms. The molecule has 0 aliphatic heterocycles. The molecule has 1 aromatic heterocycles. The van der Waals surface area contributed by atoms with Crippen molar-refractivity contribution >= 4 is 37.4 Å². The van der Waals surface area contributed by atoms with Crippen LogP contribution < -0.4 is 0 Å². The van der Waals surface area contributed by atoms with Crippen molar-refractivity contribution in [3.8, 4) is 6.07 Å². The number of benzene rings is 1. The Balaban J connectivity index is 2.69. The van der Waals surface area contributed by atoms with Gasteiger partial charge in [0.25, 0.3) is 0 Å². The van der Waals surface area contributed by atoms with Crippen LogP contribution in [0.25, 0.3) is 10.1 Å². The summed E-state index contributed by atoms with van der Waals surface area (Å²) in [5.41, 5.74) is 0.904. The third-order valence-electron chi connectivity index (χ3n) is 1.95. The zero-order chi connectivity index (χ0) is 10.1. The van der Waals surface area contributed by atoms with Crippen molar-refractivity contribution in [2.75, 3.05) is 0 Å². The average Bonchev–Trinajstić information content (AvgIpc) is 2.52. The fourth-order valence-corrected chi connectivity index (χ4v) is 2.89. The number of hydrogen-bond donors (Lipinski definition) is 0. The molecule has 2 aromatic rings. The summed E-state index contributed by atoms with van der Waals surface area (Å²) < 4.78 is 14.7. The molecular weight excluding hydrogens is 265 g/mol. The number of nitriles is 1. The minimum absolute atomic E-state index is 0.199. The van der Waals surface area contributed by atoms with Crippen LogP contribution in [0.2, 0.25) is 0 Å². The lowest BCUT2D eigenvalue weighted by Crippen LogP contribution is -1.82. The number of fused-ring (bicyclic) bond motifs is 1. The number of nitrogens with zero attached hydrogens (tertiary/aromatic N) is 1. The zero-order valence-electron chi connectivity index (χ0n) is 7.05. The van der Waals surface area contributed by atoms with Gasteiger partial charge in [0.1, 0.15) is 0 Å². The highest BCUT2D eigenvalue weighted by molar-refractivity contribution is 9.10. The second-order valence-corrected chi connectivity index (χ2v) is 4.64. The standard InChI is InChI=1S/C10H5BrFNS/c11-9-6(3-4-13)1-2-7-5-8(12)14-10(7)9/h1-2,5H,3H2. The molecule has 1 aromatic carbocycles. The van der Waals surface area contributed by atoms with Crippen LogP contribution >= 0.6 is 27.3 Å². The number of hydrogen-bond acceptors (Lipinski definition) is 2. The van der Waals surface area contributed by atoms with E-state index >= 15 is 0 Å². The van der Waals surface area contributed by atoms with Crippen molar-refractivity contribution in [2.45, 2.75) is 6.42 Å². The minimum atomic E-state index is -0.199. The van der Waals surface area contributed by atoms with Crippen LogP contribution in [0.15, 0.2) is 22.7 Å². The highest BCUT2D eigenvalue weighted by Gasteiger charge is 2.08. The van der Waals surface area contributed by atoms with Crippen LogP contribution in [-0.2, 0) is 6.42 Å². The quantitative estimate of drug-likeness (QED) is 0.771. The van der Waals surface area contributed by atoms with E-state index in [9.17, 15) is 4.39 Å². The highest BCUT2D eigenvalue weighted by Crippen LogP contribution is 2.33. The SMILES string of the molecule is N#CCc1ccc2cc(F)sc2c1Br. The Morgan fingerprint density at radius 2 is 2.29 bits per heavy atom. The molecule has 0 saturated carbocycles. The molecule has 0 aliphatic carbocycles. The third-order valence-corrected chi connectivity index (χ3v) is 4.07. The Morgan fingerprint density at radius 1 is 1.50 bits per heavy atom. The van der Waals surface area contributed by atoms with E-state index in [0.717, 1.165) is 31.5 Å². The summed E-state index contributed by atoms with van der Waals surface area (Å²) in [6, 6.07) is 7.27. The summed E-state index contributed by atoms with van der Waals surface area (Å²) in [5, 5.41) is 9.26. The maximum absolute atomic E-state index is 13.0. The molecule has 14 heavy (non-hydrogen) atoms. The van der Waals surface area contributed by atoms with Crippen LogP contribution in [-0.4, -0.2) is 0 Å². The van der Waals surface area contributed by atoms with Crippen molar-refractivity contribution < 1.29 is 4.39 Å². The smallest absolute Gasteiger partial charge is 0.177 e. The molecule has 1 nitrogen and oxygen atoms in total. The molecule has 0 N–H and O–H groups in total. The molecule has 0 unspecified atom stereocenters. The monoisotopic (exact) mass is 269 g/mol. The van der Waals surface area contributed by atoms with Crippen molar-refractivity contribution in [1.29, 1.82) is 5.26 Å². The molecule has 0 atom stereocenters. The van der Waals surface area contributed by atoms with Gasteiger partial charge >= 0.3 is 0 Å². The molecule has 1 heterocycles. The van der Waals surface area contributed by atoms with Crippen LogP contribution in [0.3, 0.4) is 0 Å². The first-order valence-corrected chi connectivity index (χ1v) is 5.56. The van der Waals surface area contributed by atoms with E-state index in [1.165, 1.54) is 6.07 Å². The van der Waals surface area contributed by atoms with E-state index in [1.807, 2.05) is 12.1 Å². The van der Waals surface area contributed by atoms with Gasteiger partial charge in [-0.1, -0.05) is 12.1 Å². The first-order chi connectivity index (χ1) is 6.72. The summed E-state index contributed by atoms with van der Waals surface area (Å²) >= 11 is 4.48. The molecule has 0 bridgehead atoms. The largest absolute Gasteiger partial charge is 0.198 e. The second kappa shape index (κ2) is 3.68. The Labute approximate surface area is 92.9 Å². The summed E-state index contributed by atoms with van der Waals surface area (Å²) in [6.45, 7) is 0. The molecule has 0 saturated heterocycles. The predicted molar refractivity (Wildman–Crippen MR) is 58.8 cm³/mol. The van der Waals surface area contributed by atoms with Gasteiger partial charge in [-0.25, -0.2) is 0 Å². The predicted octanol–water partition coefficient (Wildman–Crippen LogP) is 3.87. The normalized spacial score (nSPS) is 10.4. The second-order valence-electron chi connectivity index (χ2n) is 2.84. The fourth-order valence-electron chi connectivity index (χ4n) is 1.30. The Hall–Kier alpha value is -0.920. The lowest BCUT2D eigenvalue weighted by atomic mass is 10.1. The third kappa shape index (κ3) is 1.54. The van der Waals surface area contributed by atoms with E-state index in [4.69, 9.17) is 5.26 Å². The lowest BCUT2D eigenvalue weighted by Gasteiger charge is -1.99. The van der Waals surface area contributed by atoms with Gasteiger partial charge < -0.3 is 0 Å². The Kier molecular flexibility index (Phi) is 2.53. The molecule has 0 fully saturated rings. The molecule has 0 radical (unpaired) electrons. The average molecular weight is 270 g/mol. The Bertz CT molecular complexity index is 527. The van der Waals surface area contributed by atoms with E-state index in [1.54, 1.807) is 0 Å². The van der Waals surface area contributed by atoms with E-state index in [0.29, 0.717) is 6.42 Å². The minimum Gasteiger partial charge on any atom is -0.198 e. The number of thiophene rings is 1. The van der Waals surface area contributed by atoms with Crippen LogP contribution in [0, 0.1) is 16.5 Å². The van der Waals surface area contributed by atoms with E-state index in [-0.39, 0.29) is 5.13 Å². The fraction of sp³-hybridized carbons (Fsp3) is 0.100. The van der Waals surface area contributed by atoms with Gasteiger partial charge in [0.15, 0.2) is 5.13 Å². The lowest BCUT2D eigenvalue weighted by molar-refractivity contribution is 0.658. The highest BCUT2D eigenvalue weighted by atomic mass is 79.9. The molecule has 0 aliphatic rings. The zero-order valence-corrected chi connectivity index (χ0v) is 9.45. The van der Waals surface area contributed by atoms with Crippen molar-refractivity contribution in [1.82, 2.24) is 0 Å². The molecule has 4 heteroatoms. The summed E-state index contributed by atoms with van der Waals surface area (Å²) in [5.74, 6) is 0. The summed E-state index contributed by atoms with van der Waals surface area (Å²) in [4.78, 5) is 0. The van der Waals surface area contributed by atoms with Gasteiger partial charge in [-0.3, -0.25) is 0 Å². The van der Waals surface area contributed by atoms with Gasteiger partial charge in [-0.15, -0.1) is 11.3 Å². The first-order valence-electron chi connectivity index (χ1n) is 3.95. The molecule has 0 amide bonds. The number of halogens is 2. The molecule has 70 valence electrons. The topological polar surface area (TPSA) is 23.8 Å². The van der Waals surface area contributed by atoms with Crippen LogP contribution in [0.5, 0.6) is 0 Å². The first kappa shape index (κ1) is 9.63. The summed E-state index contributed by atoms with van der Waals surface area (Å²) in [7, 11) is 0. The maximum Gasteiger partial charge on any atom is 0.177 e. The Morgan fingerprint density at radius 3 is 3.00 bits per heavy atom. The van der Waals surface area contributed by atoms with E-state index < -0.39 is 0 Å². The van der Waals surface area contributed by atoms with Crippen LogP contribution in [0.4, 0.5) is 4.39 Å². The van der Waals surface area contributed by atoms with Gasteiger partial charge in [-0.05, 0) is 32.9 Å². The van der Waals surface area contributed by atoms with Crippen molar-refractivity contribution in [3.05, 3.63) is 33.4 Å². The van der Waals surface area contributed by atoms with Gasteiger partial charge in [0, 0.05) is 4.47 Å². The van der Waals surface area contributed by atoms with Crippen molar-refractivity contribution in [2.24, 2.45) is 0 Å². The van der Waals surface area contributed by atoms with Crippen LogP contribution in [0.1, 0.15) is 5.56 Å². The van der Waals surface area contributed by atoms with Crippen molar-refractivity contribution in [3.63, 3.8) is 0 Å². The molecular formula is C10H5BrFNS. The van der Waals surface area contributed by atoms with E-state index in [2.05, 4.69) is 22.0 Å². The van der Waals surface area contributed by atoms with Gasteiger partial charge in [0.05, 0.1) is 17.2 Å². The summed E-state index contributed by atoms with van der Waals surface area (Å²) in [6.07, 6.45) is 0.343. The van der Waals surface area contributed by atoms with Gasteiger partial charge in [-0.2, -0.15) is 9.65 Å². The maximum atomic E-state index is 13.0. The number of rotatable bonds is 1. The van der Waals surface area contributed by atoms with Gasteiger partial charge in [0.2, 0.25) is 0 Å².